The fourth-order valence-corrected chi connectivity index (χ4v) is 5.80. The Bertz CT molecular complexity index is 851. The van der Waals surface area contributed by atoms with Crippen molar-refractivity contribution >= 4 is 27.3 Å². The van der Waals surface area contributed by atoms with Crippen LogP contribution < -0.4 is 4.90 Å². The molecular weight excluding hydrogens is 368 g/mol. The Kier molecular flexibility index (Phi) is 5.36. The van der Waals surface area contributed by atoms with Gasteiger partial charge in [-0.15, -0.1) is 0 Å². The van der Waals surface area contributed by atoms with Crippen molar-refractivity contribution in [3.8, 4) is 0 Å². The molecule has 0 N–H and O–H groups in total. The van der Waals surface area contributed by atoms with Gasteiger partial charge in [0.15, 0.2) is 5.58 Å². The first-order valence-electron chi connectivity index (χ1n) is 9.46. The normalized spacial score (nSPS) is 23.1. The van der Waals surface area contributed by atoms with Crippen molar-refractivity contribution in [2.45, 2.75) is 25.3 Å². The van der Waals surface area contributed by atoms with E-state index in [4.69, 9.17) is 9.15 Å². The van der Waals surface area contributed by atoms with Gasteiger partial charge in [0.05, 0.1) is 6.61 Å². The van der Waals surface area contributed by atoms with Gasteiger partial charge in [-0.2, -0.15) is 22.0 Å². The Labute approximate surface area is 159 Å². The van der Waals surface area contributed by atoms with Crippen LogP contribution in [0.5, 0.6) is 0 Å². The van der Waals surface area contributed by atoms with Gasteiger partial charge in [-0.1, -0.05) is 12.1 Å². The minimum absolute atomic E-state index is 0.0589. The van der Waals surface area contributed by atoms with Crippen molar-refractivity contribution in [1.29, 1.82) is 0 Å². The number of oxazole rings is 1. The average molecular weight is 394 g/mol. The summed E-state index contributed by atoms with van der Waals surface area (Å²) < 4.78 is 40.6. The molecule has 148 valence electrons. The van der Waals surface area contributed by atoms with Crippen molar-refractivity contribution in [2.75, 3.05) is 51.3 Å². The highest BCUT2D eigenvalue weighted by Crippen LogP contribution is 2.26. The number of hydrogen-bond acceptors (Lipinski definition) is 6. The van der Waals surface area contributed by atoms with Gasteiger partial charge in [-0.3, -0.25) is 0 Å². The van der Waals surface area contributed by atoms with Crippen molar-refractivity contribution in [2.24, 2.45) is 0 Å². The van der Waals surface area contributed by atoms with E-state index in [-0.39, 0.29) is 6.04 Å². The smallest absolute Gasteiger partial charge is 0.298 e. The summed E-state index contributed by atoms with van der Waals surface area (Å²) in [6, 6.07) is 8.16. The van der Waals surface area contributed by atoms with Crippen molar-refractivity contribution in [3.05, 3.63) is 24.3 Å². The number of hydrogen-bond donors (Lipinski definition) is 0. The topological polar surface area (TPSA) is 79.1 Å². The van der Waals surface area contributed by atoms with Crippen LogP contribution in [-0.2, 0) is 14.9 Å². The molecule has 27 heavy (non-hydrogen) atoms. The number of fused-ring (bicyclic) bond motifs is 1. The first-order valence-corrected chi connectivity index (χ1v) is 10.9. The van der Waals surface area contributed by atoms with E-state index in [9.17, 15) is 8.42 Å². The van der Waals surface area contributed by atoms with Gasteiger partial charge in [0.25, 0.3) is 16.2 Å². The first kappa shape index (κ1) is 18.7. The number of benzene rings is 1. The molecule has 1 aromatic heterocycles. The van der Waals surface area contributed by atoms with Gasteiger partial charge in [-0.25, -0.2) is 0 Å². The van der Waals surface area contributed by atoms with E-state index in [0.29, 0.717) is 38.8 Å². The summed E-state index contributed by atoms with van der Waals surface area (Å²) in [4.78, 5) is 6.58. The second-order valence-electron chi connectivity index (χ2n) is 7.07. The summed E-state index contributed by atoms with van der Waals surface area (Å²) in [5, 5.41) is 0. The first-order chi connectivity index (χ1) is 13.1. The van der Waals surface area contributed by atoms with Gasteiger partial charge in [-0.05, 0) is 31.4 Å². The lowest BCUT2D eigenvalue weighted by molar-refractivity contribution is 0.146. The van der Waals surface area contributed by atoms with E-state index >= 15 is 0 Å². The Morgan fingerprint density at radius 3 is 2.81 bits per heavy atom. The molecule has 0 amide bonds. The highest BCUT2D eigenvalue weighted by atomic mass is 32.2. The third kappa shape index (κ3) is 3.69. The monoisotopic (exact) mass is 394 g/mol. The maximum Gasteiger partial charge on any atom is 0.298 e. The molecule has 1 unspecified atom stereocenters. The van der Waals surface area contributed by atoms with Crippen molar-refractivity contribution in [3.63, 3.8) is 0 Å². The van der Waals surface area contributed by atoms with Gasteiger partial charge < -0.3 is 14.1 Å². The molecule has 0 saturated carbocycles. The summed E-state index contributed by atoms with van der Waals surface area (Å²) >= 11 is 0. The van der Waals surface area contributed by atoms with Crippen LogP contribution in [-0.4, -0.2) is 74.5 Å². The molecule has 2 aliphatic heterocycles. The molecular formula is C18H26N4O4S. The van der Waals surface area contributed by atoms with Crippen LogP contribution in [0.1, 0.15) is 19.3 Å². The van der Waals surface area contributed by atoms with E-state index in [1.807, 2.05) is 29.2 Å². The lowest BCUT2D eigenvalue weighted by Gasteiger charge is -2.30. The minimum Gasteiger partial charge on any atom is -0.423 e. The van der Waals surface area contributed by atoms with Crippen LogP contribution in [0.3, 0.4) is 0 Å². The summed E-state index contributed by atoms with van der Waals surface area (Å²) in [7, 11) is -1.86. The van der Waals surface area contributed by atoms with Crippen LogP contribution in [0.4, 0.5) is 6.01 Å². The number of aromatic nitrogens is 1. The molecule has 3 heterocycles. The lowest BCUT2D eigenvalue weighted by atomic mass is 10.2. The van der Waals surface area contributed by atoms with Gasteiger partial charge in [0.2, 0.25) is 0 Å². The van der Waals surface area contributed by atoms with E-state index in [2.05, 4.69) is 4.98 Å². The summed E-state index contributed by atoms with van der Waals surface area (Å²) in [6.45, 7) is 3.24. The number of rotatable bonds is 5. The molecule has 0 aliphatic carbocycles. The summed E-state index contributed by atoms with van der Waals surface area (Å²) in [6.07, 6.45) is 2.48. The molecule has 8 nitrogen and oxygen atoms in total. The third-order valence-corrected chi connectivity index (χ3v) is 7.40. The maximum absolute atomic E-state index is 13.1. The summed E-state index contributed by atoms with van der Waals surface area (Å²) in [5.41, 5.74) is 1.57. The zero-order valence-electron chi connectivity index (χ0n) is 15.6. The van der Waals surface area contributed by atoms with Crippen LogP contribution in [0.25, 0.3) is 11.1 Å². The van der Waals surface area contributed by atoms with E-state index in [0.717, 1.165) is 36.9 Å². The zero-order chi connectivity index (χ0) is 18.9. The predicted molar refractivity (Wildman–Crippen MR) is 103 cm³/mol. The predicted octanol–water partition coefficient (Wildman–Crippen LogP) is 1.70. The van der Waals surface area contributed by atoms with Crippen LogP contribution >= 0.6 is 0 Å². The van der Waals surface area contributed by atoms with E-state index in [1.165, 1.54) is 0 Å². The largest absolute Gasteiger partial charge is 0.423 e. The fourth-order valence-electron chi connectivity index (χ4n) is 3.93. The van der Waals surface area contributed by atoms with Gasteiger partial charge in [0.1, 0.15) is 5.52 Å². The average Bonchev–Trinajstić information content (AvgIpc) is 3.22. The molecule has 0 radical (unpaired) electrons. The van der Waals surface area contributed by atoms with Gasteiger partial charge >= 0.3 is 0 Å². The molecule has 0 bridgehead atoms. The molecule has 2 aliphatic rings. The van der Waals surface area contributed by atoms with Crippen LogP contribution in [0, 0.1) is 0 Å². The van der Waals surface area contributed by atoms with E-state index < -0.39 is 10.2 Å². The number of anilines is 1. The molecule has 4 rings (SSSR count). The number of nitrogens with zero attached hydrogens (tertiary/aromatic N) is 4. The number of ether oxygens (including phenoxy) is 1. The fraction of sp³-hybridized carbons (Fsp3) is 0.611. The van der Waals surface area contributed by atoms with Gasteiger partial charge in [0, 0.05) is 45.9 Å². The van der Waals surface area contributed by atoms with Crippen LogP contribution in [0.2, 0.25) is 0 Å². The minimum atomic E-state index is -3.48. The zero-order valence-corrected chi connectivity index (χ0v) is 16.4. The molecule has 2 fully saturated rings. The SMILES string of the molecule is COCC1CCCN1S(=O)(=O)N1CCCN(c2nc3ccccc3o2)CC1. The molecule has 1 aromatic carbocycles. The van der Waals surface area contributed by atoms with Crippen LogP contribution in [0.15, 0.2) is 28.7 Å². The maximum atomic E-state index is 13.1. The molecule has 2 saturated heterocycles. The third-order valence-electron chi connectivity index (χ3n) is 5.31. The molecule has 0 spiro atoms. The van der Waals surface area contributed by atoms with Crippen molar-refractivity contribution in [1.82, 2.24) is 13.6 Å². The Morgan fingerprint density at radius 1 is 1.15 bits per heavy atom. The number of para-hydroxylation sites is 2. The Hall–Kier alpha value is -1.68. The highest BCUT2D eigenvalue weighted by Gasteiger charge is 2.38. The lowest BCUT2D eigenvalue weighted by Crippen LogP contribution is -2.48. The highest BCUT2D eigenvalue weighted by molar-refractivity contribution is 7.86. The Morgan fingerprint density at radius 2 is 2.00 bits per heavy atom. The standard InChI is InChI=1S/C18H26N4O4S/c1-25-14-15-6-4-11-22(15)27(23,24)21-10-5-9-20(12-13-21)18-19-16-7-2-3-8-17(16)26-18/h2-3,7-8,15H,4-6,9-14H2,1H3. The molecule has 9 heteroatoms. The van der Waals surface area contributed by atoms with E-state index in [1.54, 1.807) is 15.7 Å². The quantitative estimate of drug-likeness (QED) is 0.768. The Balaban J connectivity index is 1.47. The molecule has 1 atom stereocenters. The second kappa shape index (κ2) is 7.75. The summed E-state index contributed by atoms with van der Waals surface area (Å²) in [5.74, 6) is 0. The number of methoxy groups -OCH3 is 1. The molecule has 2 aromatic rings. The van der Waals surface area contributed by atoms with Crippen molar-refractivity contribution < 1.29 is 17.6 Å². The second-order valence-corrected chi connectivity index (χ2v) is 8.95.